The maximum Gasteiger partial charge on any atom is 0.255 e. The minimum absolute atomic E-state index is 0.161. The molecule has 0 radical (unpaired) electrons. The summed E-state index contributed by atoms with van der Waals surface area (Å²) < 4.78 is 18.9. The summed E-state index contributed by atoms with van der Waals surface area (Å²) in [6, 6.07) is 19.9. The van der Waals surface area contributed by atoms with Crippen LogP contribution in [0.1, 0.15) is 89.1 Å². The number of carbonyl (C=O) groups excluding carboxylic acids is 3. The molecule has 0 bridgehead atoms. The quantitative estimate of drug-likeness (QED) is 0.0725. The number of piperidine rings is 2. The first-order valence-corrected chi connectivity index (χ1v) is 25.2. The van der Waals surface area contributed by atoms with Gasteiger partial charge in [0.1, 0.15) is 24.8 Å². The van der Waals surface area contributed by atoms with Gasteiger partial charge in [-0.3, -0.25) is 24.6 Å². The third kappa shape index (κ3) is 10.7. The van der Waals surface area contributed by atoms with Crippen LogP contribution in [0.3, 0.4) is 0 Å². The van der Waals surface area contributed by atoms with Gasteiger partial charge in [0.2, 0.25) is 11.8 Å². The maximum absolute atomic E-state index is 13.0. The van der Waals surface area contributed by atoms with E-state index in [0.717, 1.165) is 117 Å². The molecule has 1 aromatic heterocycles. The number of carbonyl (C=O) groups is 3. The molecule has 1 N–H and O–H groups in total. The van der Waals surface area contributed by atoms with Crippen molar-refractivity contribution in [2.75, 3.05) is 71.2 Å². The van der Waals surface area contributed by atoms with Gasteiger partial charge in [0, 0.05) is 117 Å². The van der Waals surface area contributed by atoms with Crippen molar-refractivity contribution in [1.29, 1.82) is 0 Å². The van der Waals surface area contributed by atoms with Crippen LogP contribution in [-0.4, -0.2) is 121 Å². The summed E-state index contributed by atoms with van der Waals surface area (Å²) in [5.41, 5.74) is 6.25. The van der Waals surface area contributed by atoms with Crippen LogP contribution < -0.4 is 20.3 Å². The van der Waals surface area contributed by atoms with Gasteiger partial charge in [0.15, 0.2) is 0 Å². The number of unbranched alkanes of at least 4 members (excludes halogenated alkanes) is 2. The second-order valence-electron chi connectivity index (χ2n) is 17.5. The Bertz CT molecular complexity index is 2470. The molecule has 4 aromatic rings. The fourth-order valence-electron chi connectivity index (χ4n) is 9.47. The first-order valence-electron chi connectivity index (χ1n) is 22.2. The number of hydrogen-bond donors (Lipinski definition) is 1. The van der Waals surface area contributed by atoms with Gasteiger partial charge in [-0.2, -0.15) is 0 Å². The molecular weight excluding hydrogens is 833 g/mol. The van der Waals surface area contributed by atoms with Crippen molar-refractivity contribution in [2.24, 2.45) is 0 Å². The molecule has 12 nitrogen and oxygen atoms in total. The Morgan fingerprint density at radius 2 is 1.70 bits per heavy atom. The minimum atomic E-state index is -2.47. The number of anilines is 1. The Labute approximate surface area is 376 Å². The number of methoxy groups -OCH3 is 1. The highest BCUT2D eigenvalue weighted by atomic mass is 35.5. The minimum Gasteiger partial charge on any atom is -0.496 e. The van der Waals surface area contributed by atoms with Crippen LogP contribution in [0, 0.1) is 11.8 Å². The second kappa shape index (κ2) is 19.8. The lowest BCUT2D eigenvalue weighted by Crippen LogP contribution is -2.53. The number of imide groups is 1. The highest BCUT2D eigenvalue weighted by Crippen LogP contribution is 2.37. The molecule has 1 unspecified atom stereocenters. The zero-order chi connectivity index (χ0) is 44.1. The van der Waals surface area contributed by atoms with Crippen molar-refractivity contribution in [1.82, 2.24) is 30.0 Å². The van der Waals surface area contributed by atoms with Crippen molar-refractivity contribution in [3.8, 4) is 17.6 Å². The van der Waals surface area contributed by atoms with Gasteiger partial charge in [-0.05, 0) is 87.4 Å². The Kier molecular flexibility index (Phi) is 14.0. The van der Waals surface area contributed by atoms with Crippen LogP contribution >= 0.6 is 18.7 Å². The van der Waals surface area contributed by atoms with E-state index in [9.17, 15) is 18.9 Å². The van der Waals surface area contributed by atoms with Crippen molar-refractivity contribution in [3.63, 3.8) is 0 Å². The largest absolute Gasteiger partial charge is 0.496 e. The van der Waals surface area contributed by atoms with Crippen LogP contribution in [0.5, 0.6) is 5.75 Å². The van der Waals surface area contributed by atoms with E-state index in [1.54, 1.807) is 31.5 Å². The van der Waals surface area contributed by atoms with E-state index in [2.05, 4.69) is 55.0 Å². The van der Waals surface area contributed by atoms with E-state index >= 15 is 0 Å². The lowest BCUT2D eigenvalue weighted by atomic mass is 10.0. The summed E-state index contributed by atoms with van der Waals surface area (Å²) in [6.07, 6.45) is 8.51. The third-order valence-electron chi connectivity index (χ3n) is 13.0. The molecule has 3 aromatic carbocycles. The molecule has 5 heterocycles. The van der Waals surface area contributed by atoms with E-state index in [1.165, 1.54) is 5.69 Å². The number of aromatic nitrogens is 2. The zero-order valence-corrected chi connectivity index (χ0v) is 38.2. The molecule has 3 fully saturated rings. The number of fused-ring (bicyclic) bond motifs is 1. The van der Waals surface area contributed by atoms with Gasteiger partial charge in [0.25, 0.3) is 5.91 Å². The van der Waals surface area contributed by atoms with Crippen LogP contribution in [0.2, 0.25) is 5.02 Å². The number of halogens is 1. The van der Waals surface area contributed by atoms with Crippen LogP contribution in [0.4, 0.5) is 5.69 Å². The van der Waals surface area contributed by atoms with Crippen molar-refractivity contribution in [2.45, 2.75) is 76.4 Å². The normalized spacial score (nSPS) is 18.9. The smallest absolute Gasteiger partial charge is 0.255 e. The molecule has 14 heteroatoms. The van der Waals surface area contributed by atoms with E-state index in [1.807, 2.05) is 42.5 Å². The zero-order valence-electron chi connectivity index (χ0n) is 36.6. The monoisotopic (exact) mass is 889 g/mol. The van der Waals surface area contributed by atoms with Crippen molar-refractivity contribution >= 4 is 47.5 Å². The van der Waals surface area contributed by atoms with Gasteiger partial charge in [-0.1, -0.05) is 53.8 Å². The summed E-state index contributed by atoms with van der Waals surface area (Å²) in [7, 11) is -0.751. The lowest BCUT2D eigenvalue weighted by molar-refractivity contribution is -0.136. The number of rotatable bonds is 13. The van der Waals surface area contributed by atoms with E-state index in [0.29, 0.717) is 48.3 Å². The first-order chi connectivity index (χ1) is 30.4. The highest BCUT2D eigenvalue weighted by Gasteiger charge is 2.39. The Morgan fingerprint density at radius 3 is 2.46 bits per heavy atom. The fraction of sp³-hybridized carbons (Fsp3) is 0.449. The Balaban J connectivity index is 0.753. The van der Waals surface area contributed by atoms with Crippen LogP contribution in [0.25, 0.3) is 0 Å². The second-order valence-corrected chi connectivity index (χ2v) is 21.1. The van der Waals surface area contributed by atoms with E-state index in [-0.39, 0.29) is 18.2 Å². The predicted octanol–water partition coefficient (Wildman–Crippen LogP) is 6.14. The predicted molar refractivity (Wildman–Crippen MR) is 248 cm³/mol. The average Bonchev–Trinajstić information content (AvgIpc) is 3.60. The molecule has 3 amide bonds. The van der Waals surface area contributed by atoms with E-state index < -0.39 is 19.1 Å². The SMILES string of the molecule is COc1cc(N2CCC(N3CCN(CCCCC#Cc4ccc5c(c4)CN(C4CCC(=O)NC4=O)C5=O)CC3)CC2)ccc1Cc1ncc(Cl)c(Cc2ccccc2P(C)(C)=O)n1. The van der Waals surface area contributed by atoms with E-state index in [4.69, 9.17) is 21.3 Å². The molecule has 3 saturated heterocycles. The van der Waals surface area contributed by atoms with Gasteiger partial charge in [0.05, 0.1) is 17.8 Å². The van der Waals surface area contributed by atoms with Gasteiger partial charge >= 0.3 is 0 Å². The molecule has 0 spiro atoms. The topological polar surface area (TPSA) is 128 Å². The molecule has 4 aliphatic heterocycles. The molecule has 8 rings (SSSR count). The number of benzene rings is 3. The molecule has 4 aliphatic rings. The molecule has 1 atom stereocenters. The molecule has 63 heavy (non-hydrogen) atoms. The molecule has 0 aliphatic carbocycles. The molecular formula is C49H57ClN7O5P. The van der Waals surface area contributed by atoms with Gasteiger partial charge in [-0.25, -0.2) is 9.97 Å². The van der Waals surface area contributed by atoms with Crippen LogP contribution in [-0.2, 0) is 33.5 Å². The molecule has 330 valence electrons. The number of ether oxygens (including phenoxy) is 1. The van der Waals surface area contributed by atoms with Crippen molar-refractivity contribution < 1.29 is 23.7 Å². The number of amides is 3. The summed E-state index contributed by atoms with van der Waals surface area (Å²) in [6.45, 7) is 11.4. The van der Waals surface area contributed by atoms with Crippen LogP contribution in [0.15, 0.2) is 66.9 Å². The standard InChI is InChI=1S/C49H57ClN7O5P/c1-62-44-31-39(15-14-35(44)30-46-51-32-41(50)42(52-46)29-36-11-7-8-12-45(36)63(2,3)61)55-22-19-38(20-23-55)56-26-24-54(25-27-56)21-9-5-4-6-10-34-13-16-40-37(28-34)33-57(49(40)60)43-17-18-47(58)53-48(43)59/h7-8,11-16,28,31-32,38,43H,4-5,9,17-27,29-30,33H2,1-3H3,(H,53,58,59). The van der Waals surface area contributed by atoms with Crippen molar-refractivity contribution in [3.05, 3.63) is 111 Å². The van der Waals surface area contributed by atoms with Gasteiger partial charge < -0.3 is 24.0 Å². The lowest BCUT2D eigenvalue weighted by Gasteiger charge is -2.43. The Morgan fingerprint density at radius 1 is 0.905 bits per heavy atom. The summed E-state index contributed by atoms with van der Waals surface area (Å²) in [4.78, 5) is 55.7. The Hall–Kier alpha value is -5.05. The number of nitrogens with zero attached hydrogens (tertiary/aromatic N) is 6. The summed E-state index contributed by atoms with van der Waals surface area (Å²) in [5, 5.41) is 3.71. The fourth-order valence-corrected chi connectivity index (χ4v) is 10.9. The highest BCUT2D eigenvalue weighted by molar-refractivity contribution is 7.70. The average molecular weight is 890 g/mol. The first kappa shape index (κ1) is 44.6. The van der Waals surface area contributed by atoms with Gasteiger partial charge in [-0.15, -0.1) is 0 Å². The molecule has 0 saturated carbocycles. The summed E-state index contributed by atoms with van der Waals surface area (Å²) >= 11 is 6.58. The maximum atomic E-state index is 13.0. The number of piperazine rings is 1. The number of hydrogen-bond acceptors (Lipinski definition) is 10. The third-order valence-corrected chi connectivity index (χ3v) is 14.9. The number of nitrogens with one attached hydrogen (secondary N) is 1. The summed E-state index contributed by atoms with van der Waals surface area (Å²) in [5.74, 6) is 7.24.